The van der Waals surface area contributed by atoms with Crippen molar-refractivity contribution in [3.63, 3.8) is 0 Å². The van der Waals surface area contributed by atoms with Crippen molar-refractivity contribution in [1.29, 1.82) is 0 Å². The minimum atomic E-state index is -0.883. The maximum Gasteiger partial charge on any atom is 0.253 e. The number of amides is 1. The third-order valence-electron chi connectivity index (χ3n) is 4.51. The van der Waals surface area contributed by atoms with Crippen LogP contribution in [-0.4, -0.2) is 37.1 Å². The molecule has 2 aromatic rings. The molecule has 1 atom stereocenters. The largest absolute Gasteiger partial charge is 0.497 e. The third kappa shape index (κ3) is 4.19. The number of carbonyl (C=O) groups excluding carboxylic acids is 1. The number of nitrogens with zero attached hydrogens (tertiary/aromatic N) is 1. The summed E-state index contributed by atoms with van der Waals surface area (Å²) in [5, 5.41) is 0. The highest BCUT2D eigenvalue weighted by Crippen LogP contribution is 2.20. The fourth-order valence-electron chi connectivity index (χ4n) is 3.04. The number of methoxy groups -OCH3 is 1. The lowest BCUT2D eigenvalue weighted by molar-refractivity contribution is -0.00777. The second-order valence-corrected chi connectivity index (χ2v) is 6.27. The lowest BCUT2D eigenvalue weighted by Crippen LogP contribution is -2.43. The smallest absolute Gasteiger partial charge is 0.253 e. The molecule has 1 fully saturated rings. The zero-order valence-electron chi connectivity index (χ0n) is 14.6. The number of hydrogen-bond donors (Lipinski definition) is 0. The van der Waals surface area contributed by atoms with Crippen LogP contribution in [-0.2, 0) is 11.3 Å². The molecule has 0 N–H and O–H groups in total. The van der Waals surface area contributed by atoms with Crippen LogP contribution in [0.4, 0.5) is 8.78 Å². The van der Waals surface area contributed by atoms with Crippen molar-refractivity contribution in [2.75, 3.05) is 20.2 Å². The van der Waals surface area contributed by atoms with Gasteiger partial charge in [0.1, 0.15) is 5.75 Å². The van der Waals surface area contributed by atoms with E-state index in [1.54, 1.807) is 36.3 Å². The van der Waals surface area contributed by atoms with Crippen molar-refractivity contribution in [2.45, 2.75) is 25.6 Å². The fraction of sp³-hybridized carbons (Fsp3) is 0.350. The predicted octanol–water partition coefficient (Wildman–Crippen LogP) is 3.79. The molecule has 1 amide bonds. The molecule has 1 unspecified atom stereocenters. The van der Waals surface area contributed by atoms with Gasteiger partial charge in [-0.3, -0.25) is 4.79 Å². The standard InChI is InChI=1S/C20H21F2NO3/c1-25-16-9-7-14(8-10-16)20(24)23-11-3-5-17(12-23)26-13-15-4-2-6-18(21)19(15)22/h2,4,6-10,17H,3,5,11-13H2,1H3. The van der Waals surface area contributed by atoms with E-state index in [1.165, 1.54) is 12.1 Å². The molecule has 1 aliphatic heterocycles. The van der Waals surface area contributed by atoms with Crippen molar-refractivity contribution >= 4 is 5.91 Å². The third-order valence-corrected chi connectivity index (χ3v) is 4.51. The minimum absolute atomic E-state index is 0.0151. The van der Waals surface area contributed by atoms with Gasteiger partial charge in [0.25, 0.3) is 5.91 Å². The molecule has 0 radical (unpaired) electrons. The first kappa shape index (κ1) is 18.3. The van der Waals surface area contributed by atoms with Crippen molar-refractivity contribution in [3.05, 3.63) is 65.2 Å². The Morgan fingerprint density at radius 1 is 1.19 bits per heavy atom. The predicted molar refractivity (Wildman–Crippen MR) is 93.1 cm³/mol. The Morgan fingerprint density at radius 3 is 2.69 bits per heavy atom. The van der Waals surface area contributed by atoms with Crippen LogP contribution in [0, 0.1) is 11.6 Å². The Labute approximate surface area is 151 Å². The van der Waals surface area contributed by atoms with Crippen molar-refractivity contribution in [3.8, 4) is 5.75 Å². The maximum atomic E-state index is 13.7. The van der Waals surface area contributed by atoms with Crippen LogP contribution >= 0.6 is 0 Å². The van der Waals surface area contributed by atoms with Gasteiger partial charge in [0.05, 0.1) is 19.8 Å². The first-order valence-corrected chi connectivity index (χ1v) is 8.56. The van der Waals surface area contributed by atoms with Crippen LogP contribution in [0.1, 0.15) is 28.8 Å². The number of rotatable bonds is 5. The first-order chi connectivity index (χ1) is 12.6. The molecule has 3 rings (SSSR count). The molecule has 138 valence electrons. The Hall–Kier alpha value is -2.47. The summed E-state index contributed by atoms with van der Waals surface area (Å²) in [5.41, 5.74) is 0.770. The van der Waals surface area contributed by atoms with Crippen LogP contribution < -0.4 is 4.74 Å². The van der Waals surface area contributed by atoms with Gasteiger partial charge in [0.15, 0.2) is 11.6 Å². The van der Waals surface area contributed by atoms with Gasteiger partial charge in [-0.15, -0.1) is 0 Å². The van der Waals surface area contributed by atoms with E-state index in [0.717, 1.165) is 18.9 Å². The van der Waals surface area contributed by atoms with Gasteiger partial charge in [-0.1, -0.05) is 12.1 Å². The molecule has 0 spiro atoms. The molecule has 4 nitrogen and oxygen atoms in total. The topological polar surface area (TPSA) is 38.8 Å². The highest BCUT2D eigenvalue weighted by Gasteiger charge is 2.25. The van der Waals surface area contributed by atoms with Gasteiger partial charge in [-0.2, -0.15) is 0 Å². The molecular weight excluding hydrogens is 340 g/mol. The quantitative estimate of drug-likeness (QED) is 0.813. The number of carbonyl (C=O) groups is 1. The number of likely N-dealkylation sites (tertiary alicyclic amines) is 1. The summed E-state index contributed by atoms with van der Waals surface area (Å²) in [6.45, 7) is 1.07. The monoisotopic (exact) mass is 361 g/mol. The van der Waals surface area contributed by atoms with Gasteiger partial charge in [-0.05, 0) is 43.2 Å². The summed E-state index contributed by atoms with van der Waals surface area (Å²) in [4.78, 5) is 14.4. The molecule has 6 heteroatoms. The molecular formula is C20H21F2NO3. The van der Waals surface area contributed by atoms with E-state index in [1.807, 2.05) is 0 Å². The highest BCUT2D eigenvalue weighted by atomic mass is 19.2. The van der Waals surface area contributed by atoms with Crippen LogP contribution in [0.25, 0.3) is 0 Å². The molecule has 0 aromatic heterocycles. The molecule has 0 bridgehead atoms. The molecule has 0 saturated carbocycles. The second-order valence-electron chi connectivity index (χ2n) is 6.27. The number of benzene rings is 2. The van der Waals surface area contributed by atoms with Crippen molar-refractivity contribution < 1.29 is 23.0 Å². The average molecular weight is 361 g/mol. The van der Waals surface area contributed by atoms with E-state index in [-0.39, 0.29) is 24.2 Å². The first-order valence-electron chi connectivity index (χ1n) is 8.56. The number of ether oxygens (including phenoxy) is 2. The van der Waals surface area contributed by atoms with E-state index in [4.69, 9.17) is 9.47 Å². The summed E-state index contributed by atoms with van der Waals surface area (Å²) in [6.07, 6.45) is 1.38. The minimum Gasteiger partial charge on any atom is -0.497 e. The zero-order chi connectivity index (χ0) is 18.5. The fourth-order valence-corrected chi connectivity index (χ4v) is 3.04. The lowest BCUT2D eigenvalue weighted by atomic mass is 10.1. The average Bonchev–Trinajstić information content (AvgIpc) is 2.69. The molecule has 2 aromatic carbocycles. The van der Waals surface area contributed by atoms with E-state index < -0.39 is 11.6 Å². The highest BCUT2D eigenvalue weighted by molar-refractivity contribution is 5.94. The second kappa shape index (κ2) is 8.27. The SMILES string of the molecule is COc1ccc(C(=O)N2CCCC(OCc3cccc(F)c3F)C2)cc1. The van der Waals surface area contributed by atoms with Crippen LogP contribution in [0.3, 0.4) is 0 Å². The summed E-state index contributed by atoms with van der Waals surface area (Å²) >= 11 is 0. The van der Waals surface area contributed by atoms with Gasteiger partial charge in [-0.25, -0.2) is 8.78 Å². The zero-order valence-corrected chi connectivity index (χ0v) is 14.6. The molecule has 1 heterocycles. The number of halogens is 2. The summed E-state index contributed by atoms with van der Waals surface area (Å²) < 4.78 is 37.8. The number of piperidine rings is 1. The summed E-state index contributed by atoms with van der Waals surface area (Å²) in [7, 11) is 1.57. The number of hydrogen-bond acceptors (Lipinski definition) is 3. The Bertz CT molecular complexity index is 764. The van der Waals surface area contributed by atoms with Crippen molar-refractivity contribution in [2.24, 2.45) is 0 Å². The van der Waals surface area contributed by atoms with Gasteiger partial charge >= 0.3 is 0 Å². The Morgan fingerprint density at radius 2 is 1.96 bits per heavy atom. The van der Waals surface area contributed by atoms with Gasteiger partial charge in [0, 0.05) is 24.2 Å². The molecule has 0 aliphatic carbocycles. The Kier molecular flexibility index (Phi) is 5.83. The van der Waals surface area contributed by atoms with E-state index in [0.29, 0.717) is 24.4 Å². The Balaban J connectivity index is 1.59. The van der Waals surface area contributed by atoms with E-state index >= 15 is 0 Å². The van der Waals surface area contributed by atoms with Crippen molar-refractivity contribution in [1.82, 2.24) is 4.90 Å². The van der Waals surface area contributed by atoms with Crippen LogP contribution in [0.15, 0.2) is 42.5 Å². The lowest BCUT2D eigenvalue weighted by Gasteiger charge is -2.32. The van der Waals surface area contributed by atoms with Crippen LogP contribution in [0.5, 0.6) is 5.75 Å². The maximum absolute atomic E-state index is 13.7. The summed E-state index contributed by atoms with van der Waals surface area (Å²) in [6, 6.07) is 11.0. The normalized spacial score (nSPS) is 17.2. The van der Waals surface area contributed by atoms with E-state index in [2.05, 4.69) is 0 Å². The molecule has 1 saturated heterocycles. The molecule has 26 heavy (non-hydrogen) atoms. The van der Waals surface area contributed by atoms with Gasteiger partial charge < -0.3 is 14.4 Å². The van der Waals surface area contributed by atoms with Crippen LogP contribution in [0.2, 0.25) is 0 Å². The van der Waals surface area contributed by atoms with Gasteiger partial charge in [0.2, 0.25) is 0 Å². The molecule has 1 aliphatic rings. The van der Waals surface area contributed by atoms with E-state index in [9.17, 15) is 13.6 Å². The summed E-state index contributed by atoms with van der Waals surface area (Å²) in [5.74, 6) is -1.14.